The average Bonchev–Trinajstić information content (AvgIpc) is 2.69. The standard InChI is InChI=1S/C21H32Cl3NO6Si/c1-20(2,3)32(4,5)30-12-14-15(25-19(28)21(22,23)24)16(26)17(27)18(31-14)29-11-13-9-7-6-8-10-13/h6-10,14-18,26-27H,11-12H2,1-5H3,(H,25,28)/t14-,15+,16-,17-,18+/m1/s1. The predicted octanol–water partition coefficient (Wildman–Crippen LogP) is 3.53. The molecule has 0 aromatic heterocycles. The minimum Gasteiger partial charge on any atom is -0.414 e. The summed E-state index contributed by atoms with van der Waals surface area (Å²) in [5, 5.41) is 23.8. The minimum absolute atomic E-state index is 0.0519. The summed E-state index contributed by atoms with van der Waals surface area (Å²) in [7, 11) is -2.18. The fourth-order valence-electron chi connectivity index (χ4n) is 2.88. The number of halogens is 3. The third-order valence-electron chi connectivity index (χ3n) is 5.93. The maximum atomic E-state index is 12.3. The highest BCUT2D eigenvalue weighted by molar-refractivity contribution is 6.76. The van der Waals surface area contributed by atoms with Crippen LogP contribution in [0.15, 0.2) is 30.3 Å². The quantitative estimate of drug-likeness (QED) is 0.370. The third kappa shape index (κ3) is 7.29. The first kappa shape index (κ1) is 27.8. The first-order valence-electron chi connectivity index (χ1n) is 10.3. The molecule has 11 heteroatoms. The number of ether oxygens (including phenoxy) is 2. The molecule has 182 valence electrons. The van der Waals surface area contributed by atoms with E-state index in [0.29, 0.717) is 0 Å². The van der Waals surface area contributed by atoms with Gasteiger partial charge in [0.15, 0.2) is 14.6 Å². The molecule has 1 aliphatic rings. The van der Waals surface area contributed by atoms with Gasteiger partial charge in [0.25, 0.3) is 9.70 Å². The Hall–Kier alpha value is -0.423. The number of hydrogen-bond donors (Lipinski definition) is 3. The zero-order valence-electron chi connectivity index (χ0n) is 18.8. The van der Waals surface area contributed by atoms with Crippen molar-refractivity contribution in [2.75, 3.05) is 6.61 Å². The highest BCUT2D eigenvalue weighted by Gasteiger charge is 2.48. The second-order valence-electron chi connectivity index (χ2n) is 9.39. The Morgan fingerprint density at radius 2 is 1.72 bits per heavy atom. The maximum Gasteiger partial charge on any atom is 0.272 e. The van der Waals surface area contributed by atoms with Gasteiger partial charge in [-0.25, -0.2) is 0 Å². The van der Waals surface area contributed by atoms with E-state index in [9.17, 15) is 15.0 Å². The van der Waals surface area contributed by atoms with Crippen LogP contribution in [0.4, 0.5) is 0 Å². The molecular formula is C21H32Cl3NO6Si. The highest BCUT2D eigenvalue weighted by atomic mass is 35.6. The van der Waals surface area contributed by atoms with Crippen molar-refractivity contribution in [1.82, 2.24) is 5.32 Å². The second-order valence-corrected chi connectivity index (χ2v) is 16.5. The molecule has 0 aliphatic carbocycles. The number of alkyl halides is 3. The van der Waals surface area contributed by atoms with Gasteiger partial charge in [0.05, 0.1) is 19.3 Å². The van der Waals surface area contributed by atoms with E-state index in [-0.39, 0.29) is 18.3 Å². The molecule has 1 fully saturated rings. The SMILES string of the molecule is CC(C)(C)[Si](C)(C)OC[C@H]1O[C@H](OCc2ccccc2)[C@H](O)[C@H](O)[C@H]1NC(=O)C(Cl)(Cl)Cl. The molecule has 0 bridgehead atoms. The van der Waals surface area contributed by atoms with Crippen molar-refractivity contribution in [3.8, 4) is 0 Å². The largest absolute Gasteiger partial charge is 0.414 e. The molecule has 1 aliphatic heterocycles. The van der Waals surface area contributed by atoms with Crippen molar-refractivity contribution in [2.24, 2.45) is 0 Å². The van der Waals surface area contributed by atoms with Gasteiger partial charge in [-0.1, -0.05) is 85.9 Å². The summed E-state index contributed by atoms with van der Waals surface area (Å²) in [6.45, 7) is 10.6. The Balaban J connectivity index is 2.19. The lowest BCUT2D eigenvalue weighted by Gasteiger charge is -2.44. The molecule has 3 N–H and O–H groups in total. The summed E-state index contributed by atoms with van der Waals surface area (Å²) < 4.78 is 15.7. The first-order chi connectivity index (χ1) is 14.6. The topological polar surface area (TPSA) is 97.2 Å². The Labute approximate surface area is 205 Å². The Bertz CT molecular complexity index is 756. The molecule has 32 heavy (non-hydrogen) atoms. The number of carbonyl (C=O) groups is 1. The molecule has 1 aromatic carbocycles. The number of amides is 1. The molecule has 5 atom stereocenters. The van der Waals surface area contributed by atoms with E-state index < -0.39 is 48.7 Å². The van der Waals surface area contributed by atoms with Crippen LogP contribution in [0.5, 0.6) is 0 Å². The lowest BCUT2D eigenvalue weighted by atomic mass is 9.96. The third-order valence-corrected chi connectivity index (χ3v) is 10.9. The van der Waals surface area contributed by atoms with Crippen LogP contribution in [0.1, 0.15) is 26.3 Å². The van der Waals surface area contributed by atoms with E-state index in [1.165, 1.54) is 0 Å². The molecular weight excluding hydrogens is 497 g/mol. The van der Waals surface area contributed by atoms with Gasteiger partial charge in [-0.05, 0) is 23.7 Å². The number of rotatable bonds is 7. The summed E-state index contributed by atoms with van der Waals surface area (Å²) in [5.74, 6) is -0.941. The number of aliphatic hydroxyl groups is 2. The van der Waals surface area contributed by atoms with Crippen molar-refractivity contribution < 1.29 is 28.9 Å². The second kappa shape index (κ2) is 10.9. The summed E-state index contributed by atoms with van der Waals surface area (Å²) >= 11 is 17.0. The average molecular weight is 529 g/mol. The highest BCUT2D eigenvalue weighted by Crippen LogP contribution is 2.37. The Kier molecular flexibility index (Phi) is 9.46. The molecule has 0 unspecified atom stereocenters. The normalized spacial score (nSPS) is 27.2. The number of aliphatic hydroxyl groups excluding tert-OH is 2. The van der Waals surface area contributed by atoms with Gasteiger partial charge in [0, 0.05) is 0 Å². The number of carbonyl (C=O) groups excluding carboxylic acids is 1. The van der Waals surface area contributed by atoms with Crippen LogP contribution in [-0.4, -0.2) is 65.5 Å². The molecule has 2 rings (SSSR count). The Morgan fingerprint density at radius 1 is 1.12 bits per heavy atom. The molecule has 1 aromatic rings. The van der Waals surface area contributed by atoms with E-state index in [1.54, 1.807) is 0 Å². The molecule has 0 spiro atoms. The van der Waals surface area contributed by atoms with Gasteiger partial charge >= 0.3 is 0 Å². The van der Waals surface area contributed by atoms with Gasteiger partial charge in [0.2, 0.25) is 0 Å². The van der Waals surface area contributed by atoms with Crippen LogP contribution < -0.4 is 5.32 Å². The van der Waals surface area contributed by atoms with E-state index >= 15 is 0 Å². The van der Waals surface area contributed by atoms with E-state index in [1.807, 2.05) is 30.3 Å². The molecule has 1 saturated heterocycles. The molecule has 0 saturated carbocycles. The van der Waals surface area contributed by atoms with Crippen LogP contribution in [0.3, 0.4) is 0 Å². The van der Waals surface area contributed by atoms with Crippen LogP contribution >= 0.6 is 34.8 Å². The summed E-state index contributed by atoms with van der Waals surface area (Å²) in [4.78, 5) is 12.3. The van der Waals surface area contributed by atoms with Gasteiger partial charge in [-0.2, -0.15) is 0 Å². The molecule has 0 radical (unpaired) electrons. The summed E-state index contributed by atoms with van der Waals surface area (Å²) in [5.41, 5.74) is 0.874. The number of nitrogens with one attached hydrogen (secondary N) is 1. The zero-order chi connectivity index (χ0) is 24.3. The fourth-order valence-corrected chi connectivity index (χ4v) is 4.06. The fraction of sp³-hybridized carbons (Fsp3) is 0.667. The summed E-state index contributed by atoms with van der Waals surface area (Å²) in [6.07, 6.45) is -4.86. The number of benzene rings is 1. The van der Waals surface area contributed by atoms with Crippen LogP contribution in [0.25, 0.3) is 0 Å². The predicted molar refractivity (Wildman–Crippen MR) is 127 cm³/mol. The van der Waals surface area contributed by atoms with Gasteiger partial charge < -0.3 is 29.4 Å². The van der Waals surface area contributed by atoms with Gasteiger partial charge in [-0.15, -0.1) is 0 Å². The van der Waals surface area contributed by atoms with Crippen molar-refractivity contribution in [1.29, 1.82) is 0 Å². The van der Waals surface area contributed by atoms with Crippen LogP contribution in [0.2, 0.25) is 18.1 Å². The molecule has 7 nitrogen and oxygen atoms in total. The van der Waals surface area contributed by atoms with Crippen molar-refractivity contribution in [2.45, 2.75) is 79.9 Å². The van der Waals surface area contributed by atoms with Crippen molar-refractivity contribution in [3.63, 3.8) is 0 Å². The molecule has 1 amide bonds. The van der Waals surface area contributed by atoms with E-state index in [2.05, 4.69) is 39.2 Å². The van der Waals surface area contributed by atoms with Crippen LogP contribution in [-0.2, 0) is 25.3 Å². The van der Waals surface area contributed by atoms with Gasteiger partial charge in [-0.3, -0.25) is 4.79 Å². The molecule has 1 heterocycles. The van der Waals surface area contributed by atoms with Gasteiger partial charge in [0.1, 0.15) is 18.3 Å². The monoisotopic (exact) mass is 527 g/mol. The van der Waals surface area contributed by atoms with E-state index in [4.69, 9.17) is 48.7 Å². The maximum absolute atomic E-state index is 12.3. The number of hydrogen-bond acceptors (Lipinski definition) is 6. The van der Waals surface area contributed by atoms with Crippen LogP contribution in [0, 0.1) is 0 Å². The summed E-state index contributed by atoms with van der Waals surface area (Å²) in [6, 6.07) is 8.27. The van der Waals surface area contributed by atoms with Crippen molar-refractivity contribution >= 4 is 49.0 Å². The van der Waals surface area contributed by atoms with Crippen molar-refractivity contribution in [3.05, 3.63) is 35.9 Å². The smallest absolute Gasteiger partial charge is 0.272 e. The Morgan fingerprint density at radius 3 is 2.25 bits per heavy atom. The lowest BCUT2D eigenvalue weighted by Crippen LogP contribution is -2.66. The minimum atomic E-state index is -2.24. The first-order valence-corrected chi connectivity index (χ1v) is 14.4. The lowest BCUT2D eigenvalue weighted by molar-refractivity contribution is -0.282. The zero-order valence-corrected chi connectivity index (χ0v) is 22.1. The van der Waals surface area contributed by atoms with E-state index in [0.717, 1.165) is 5.56 Å².